The van der Waals surface area contributed by atoms with E-state index >= 15 is 0 Å². The van der Waals surface area contributed by atoms with Crippen molar-refractivity contribution in [1.82, 2.24) is 9.55 Å². The molecule has 0 aliphatic heterocycles. The van der Waals surface area contributed by atoms with E-state index in [1.807, 2.05) is 16.7 Å². The number of fused-ring (bicyclic) bond motifs is 1. The summed E-state index contributed by atoms with van der Waals surface area (Å²) in [7, 11) is -0.361. The van der Waals surface area contributed by atoms with E-state index in [1.54, 1.807) is 6.92 Å². The lowest BCUT2D eigenvalue weighted by Gasteiger charge is -2.37. The lowest BCUT2D eigenvalue weighted by atomic mass is 9.99. The van der Waals surface area contributed by atoms with E-state index in [-0.39, 0.29) is 13.8 Å². The van der Waals surface area contributed by atoms with E-state index in [0.29, 0.717) is 0 Å². The zero-order chi connectivity index (χ0) is 17.2. The minimum Gasteiger partial charge on any atom is -0.274 e. The van der Waals surface area contributed by atoms with Gasteiger partial charge in [-0.15, -0.1) is 0 Å². The summed E-state index contributed by atoms with van der Waals surface area (Å²) in [5.41, 5.74) is 4.65. The van der Waals surface area contributed by atoms with Crippen molar-refractivity contribution in [1.29, 1.82) is 0 Å². The molecule has 0 spiro atoms. The van der Waals surface area contributed by atoms with E-state index in [9.17, 15) is 4.79 Å². The van der Waals surface area contributed by atoms with Crippen LogP contribution in [-0.2, 0) is 0 Å². The average molecular weight is 356 g/mol. The molecule has 2 saturated carbocycles. The highest BCUT2D eigenvalue weighted by Crippen LogP contribution is 2.54. The topological polar surface area (TPSA) is 34.9 Å². The average Bonchev–Trinajstić information content (AvgIpc) is 3.03. The van der Waals surface area contributed by atoms with Gasteiger partial charge in [0.25, 0.3) is 0 Å². The first-order valence-electron chi connectivity index (χ1n) is 10.0. The zero-order valence-electron chi connectivity index (χ0n) is 15.3. The highest BCUT2D eigenvalue weighted by atomic mass is 31.1. The number of rotatable bonds is 3. The third-order valence-corrected chi connectivity index (χ3v) is 9.39. The number of carbonyl (C=O) groups is 1. The molecule has 4 rings (SSSR count). The lowest BCUT2D eigenvalue weighted by Crippen LogP contribution is -2.32. The Morgan fingerprint density at radius 3 is 2.08 bits per heavy atom. The molecule has 25 heavy (non-hydrogen) atoms. The van der Waals surface area contributed by atoms with E-state index in [0.717, 1.165) is 27.9 Å². The molecule has 1 aromatic heterocycles. The van der Waals surface area contributed by atoms with Gasteiger partial charge in [-0.3, -0.25) is 9.36 Å². The Morgan fingerprint density at radius 2 is 1.52 bits per heavy atom. The van der Waals surface area contributed by atoms with Crippen LogP contribution >= 0.6 is 7.92 Å². The molecule has 4 heteroatoms. The van der Waals surface area contributed by atoms with Crippen LogP contribution in [0.4, 0.5) is 0 Å². The number of nitrogens with zero attached hydrogens (tertiary/aromatic N) is 2. The van der Waals surface area contributed by atoms with Crippen LogP contribution in [0.5, 0.6) is 0 Å². The van der Waals surface area contributed by atoms with Gasteiger partial charge in [-0.05, 0) is 57.1 Å². The number of aromatic nitrogens is 2. The van der Waals surface area contributed by atoms with E-state index in [1.165, 1.54) is 64.2 Å². The largest absolute Gasteiger partial charge is 0.274 e. The molecule has 0 atom stereocenters. The van der Waals surface area contributed by atoms with Crippen LogP contribution in [0.25, 0.3) is 11.0 Å². The molecule has 2 aromatic rings. The van der Waals surface area contributed by atoms with Crippen LogP contribution in [0.15, 0.2) is 24.3 Å². The van der Waals surface area contributed by atoms with Gasteiger partial charge < -0.3 is 0 Å². The molecule has 0 unspecified atom stereocenters. The van der Waals surface area contributed by atoms with Crippen molar-refractivity contribution in [2.45, 2.75) is 82.4 Å². The molecule has 0 bridgehead atoms. The first kappa shape index (κ1) is 17.2. The van der Waals surface area contributed by atoms with Gasteiger partial charge >= 0.3 is 0 Å². The zero-order valence-corrected chi connectivity index (χ0v) is 16.2. The predicted molar refractivity (Wildman–Crippen MR) is 106 cm³/mol. The standard InChI is InChI=1S/C21H29N2OP/c1-16(24)23-20-15-9-8-14-19(20)22-21(23)25(17-10-4-2-5-11-17)18-12-6-3-7-13-18/h8-9,14-15,17-18H,2-7,10-13H2,1H3. The molecule has 0 amide bonds. The first-order chi connectivity index (χ1) is 12.3. The maximum absolute atomic E-state index is 12.5. The van der Waals surface area contributed by atoms with Crippen molar-refractivity contribution >= 4 is 30.4 Å². The van der Waals surface area contributed by atoms with Gasteiger partial charge in [0, 0.05) is 6.92 Å². The van der Waals surface area contributed by atoms with Gasteiger partial charge in [0.05, 0.1) is 11.0 Å². The Labute approximate surface area is 152 Å². The van der Waals surface area contributed by atoms with Crippen LogP contribution in [0.2, 0.25) is 0 Å². The summed E-state index contributed by atoms with van der Waals surface area (Å²) in [5.74, 6) is 0.128. The van der Waals surface area contributed by atoms with Gasteiger partial charge in [0.1, 0.15) is 5.57 Å². The maximum Gasteiger partial charge on any atom is 0.229 e. The van der Waals surface area contributed by atoms with Crippen molar-refractivity contribution in [3.05, 3.63) is 24.3 Å². The van der Waals surface area contributed by atoms with Crippen molar-refractivity contribution in [2.24, 2.45) is 0 Å². The van der Waals surface area contributed by atoms with Gasteiger partial charge in [0.2, 0.25) is 5.91 Å². The van der Waals surface area contributed by atoms with Gasteiger partial charge in [-0.2, -0.15) is 0 Å². The highest BCUT2D eigenvalue weighted by molar-refractivity contribution is 7.66. The number of imidazole rings is 1. The molecule has 0 saturated heterocycles. The summed E-state index contributed by atoms with van der Waals surface area (Å²) in [6.07, 6.45) is 13.5. The number of hydrogen-bond acceptors (Lipinski definition) is 2. The molecule has 1 aromatic carbocycles. The fourth-order valence-corrected chi connectivity index (χ4v) is 8.64. The van der Waals surface area contributed by atoms with Gasteiger partial charge in [-0.1, -0.05) is 50.7 Å². The lowest BCUT2D eigenvalue weighted by molar-refractivity contribution is 0.0944. The minimum absolute atomic E-state index is 0.128. The third-order valence-electron chi connectivity index (χ3n) is 6.03. The molecule has 2 aliphatic carbocycles. The van der Waals surface area contributed by atoms with Crippen LogP contribution in [-0.4, -0.2) is 26.8 Å². The Balaban J connectivity index is 1.81. The van der Waals surface area contributed by atoms with Crippen molar-refractivity contribution in [3.63, 3.8) is 0 Å². The second-order valence-corrected chi connectivity index (χ2v) is 10.4. The molecule has 0 N–H and O–H groups in total. The van der Waals surface area contributed by atoms with Crippen molar-refractivity contribution < 1.29 is 4.79 Å². The van der Waals surface area contributed by atoms with Gasteiger partial charge in [-0.25, -0.2) is 4.98 Å². The summed E-state index contributed by atoms with van der Waals surface area (Å²) in [5, 5.41) is 0. The van der Waals surface area contributed by atoms with Crippen LogP contribution in [0.1, 0.15) is 75.9 Å². The molecular weight excluding hydrogens is 327 g/mol. The Morgan fingerprint density at radius 1 is 0.960 bits per heavy atom. The van der Waals surface area contributed by atoms with E-state index < -0.39 is 0 Å². The normalized spacial score (nSPS) is 20.4. The maximum atomic E-state index is 12.5. The number of carbonyl (C=O) groups excluding carboxylic acids is 1. The summed E-state index contributed by atoms with van der Waals surface area (Å²) in [6, 6.07) is 8.18. The fraction of sp³-hybridized carbons (Fsp3) is 0.619. The summed E-state index contributed by atoms with van der Waals surface area (Å²) in [4.78, 5) is 17.6. The first-order valence-corrected chi connectivity index (χ1v) is 11.5. The van der Waals surface area contributed by atoms with E-state index in [2.05, 4.69) is 12.1 Å². The summed E-state index contributed by atoms with van der Waals surface area (Å²) in [6.45, 7) is 1.70. The fourth-order valence-electron chi connectivity index (χ4n) is 4.84. The molecule has 2 fully saturated rings. The second-order valence-electron chi connectivity index (χ2n) is 7.75. The molecule has 134 valence electrons. The SMILES string of the molecule is CC(=O)n1c(P(C2CCCCC2)C2CCCCC2)nc2ccccc21. The van der Waals surface area contributed by atoms with Crippen LogP contribution in [0, 0.1) is 0 Å². The second kappa shape index (κ2) is 7.58. The Kier molecular flexibility index (Phi) is 5.22. The predicted octanol–water partition coefficient (Wildman–Crippen LogP) is 5.47. The summed E-state index contributed by atoms with van der Waals surface area (Å²) >= 11 is 0. The number of benzene rings is 1. The van der Waals surface area contributed by atoms with E-state index in [4.69, 9.17) is 4.98 Å². The molecule has 1 heterocycles. The minimum atomic E-state index is -0.361. The van der Waals surface area contributed by atoms with Crippen LogP contribution < -0.4 is 5.57 Å². The highest BCUT2D eigenvalue weighted by Gasteiger charge is 2.36. The third kappa shape index (κ3) is 3.40. The Bertz CT molecular complexity index is 723. The molecule has 3 nitrogen and oxygen atoms in total. The smallest absolute Gasteiger partial charge is 0.229 e. The molecule has 0 radical (unpaired) electrons. The monoisotopic (exact) mass is 356 g/mol. The van der Waals surface area contributed by atoms with Gasteiger partial charge in [0.15, 0.2) is 0 Å². The Hall–Kier alpha value is -1.21. The number of hydrogen-bond donors (Lipinski definition) is 0. The van der Waals surface area contributed by atoms with Crippen molar-refractivity contribution in [3.8, 4) is 0 Å². The summed E-state index contributed by atoms with van der Waals surface area (Å²) < 4.78 is 1.96. The van der Waals surface area contributed by atoms with Crippen LogP contribution in [0.3, 0.4) is 0 Å². The number of para-hydroxylation sites is 2. The molecular formula is C21H29N2OP. The van der Waals surface area contributed by atoms with Crippen molar-refractivity contribution in [2.75, 3.05) is 0 Å². The quantitative estimate of drug-likeness (QED) is 0.684. The molecule has 2 aliphatic rings.